The quantitative estimate of drug-likeness (QED) is 0.839. The van der Waals surface area contributed by atoms with E-state index < -0.39 is 0 Å². The molecular weight excluding hydrogens is 266 g/mol. The molecule has 110 valence electrons. The first kappa shape index (κ1) is 14.7. The lowest BCUT2D eigenvalue weighted by Gasteiger charge is -2.27. The number of carbonyl (C=O) groups excluding carboxylic acids is 1. The standard InChI is InChI=1S/C16H19N3O2/c1-18(2)12-10-15(20)13-7-6-11-19(17-13)14-8-4-5-9-16(14)21-3/h4-12,17H,1-3H3. The lowest BCUT2D eigenvalue weighted by atomic mass is 10.2. The summed E-state index contributed by atoms with van der Waals surface area (Å²) in [6.07, 6.45) is 8.65. The highest BCUT2D eigenvalue weighted by Crippen LogP contribution is 2.27. The van der Waals surface area contributed by atoms with Crippen molar-refractivity contribution in [3.05, 3.63) is 60.6 Å². The zero-order valence-corrected chi connectivity index (χ0v) is 12.4. The number of nitrogens with zero attached hydrogens (tertiary/aromatic N) is 2. The molecule has 2 rings (SSSR count). The number of hydrogen-bond acceptors (Lipinski definition) is 5. The highest BCUT2D eigenvalue weighted by atomic mass is 16.5. The molecule has 5 nitrogen and oxygen atoms in total. The zero-order valence-electron chi connectivity index (χ0n) is 12.4. The Morgan fingerprint density at radius 3 is 2.81 bits per heavy atom. The Labute approximate surface area is 124 Å². The second kappa shape index (κ2) is 6.65. The average molecular weight is 285 g/mol. The summed E-state index contributed by atoms with van der Waals surface area (Å²) in [6, 6.07) is 7.60. The first-order chi connectivity index (χ1) is 10.1. The third-order valence-corrected chi connectivity index (χ3v) is 2.87. The van der Waals surface area contributed by atoms with Crippen LogP contribution in [0.2, 0.25) is 0 Å². The van der Waals surface area contributed by atoms with E-state index in [1.165, 1.54) is 6.08 Å². The van der Waals surface area contributed by atoms with E-state index in [4.69, 9.17) is 4.74 Å². The van der Waals surface area contributed by atoms with Gasteiger partial charge < -0.3 is 9.64 Å². The first-order valence-electron chi connectivity index (χ1n) is 6.58. The molecule has 0 bridgehead atoms. The van der Waals surface area contributed by atoms with E-state index in [0.29, 0.717) is 5.70 Å². The molecule has 1 aromatic rings. The summed E-state index contributed by atoms with van der Waals surface area (Å²) in [5.74, 6) is 0.639. The van der Waals surface area contributed by atoms with E-state index in [0.717, 1.165) is 11.4 Å². The number of hydrogen-bond donors (Lipinski definition) is 1. The molecule has 21 heavy (non-hydrogen) atoms. The third kappa shape index (κ3) is 3.66. The van der Waals surface area contributed by atoms with Crippen molar-refractivity contribution >= 4 is 11.5 Å². The summed E-state index contributed by atoms with van der Waals surface area (Å²) in [5.41, 5.74) is 4.42. The van der Waals surface area contributed by atoms with Gasteiger partial charge in [-0.05, 0) is 24.3 Å². The number of allylic oxidation sites excluding steroid dienone is 3. The SMILES string of the molecule is COc1ccccc1N1C=CC=C(C(=O)C=CN(C)C)N1. The topological polar surface area (TPSA) is 44.8 Å². The molecule has 1 heterocycles. The number of hydrazine groups is 1. The monoisotopic (exact) mass is 285 g/mol. The minimum atomic E-state index is -0.0899. The fourth-order valence-electron chi connectivity index (χ4n) is 1.84. The average Bonchev–Trinajstić information content (AvgIpc) is 2.52. The van der Waals surface area contributed by atoms with Gasteiger partial charge in [0.05, 0.1) is 7.11 Å². The molecule has 1 aliphatic rings. The molecule has 0 saturated heterocycles. The van der Waals surface area contributed by atoms with Crippen LogP contribution >= 0.6 is 0 Å². The molecule has 0 unspecified atom stereocenters. The lowest BCUT2D eigenvalue weighted by molar-refractivity contribution is -0.111. The van der Waals surface area contributed by atoms with Gasteiger partial charge in [0.2, 0.25) is 5.78 Å². The van der Waals surface area contributed by atoms with Crippen molar-refractivity contribution < 1.29 is 9.53 Å². The second-order valence-corrected chi connectivity index (χ2v) is 4.72. The lowest BCUT2D eigenvalue weighted by Crippen LogP contribution is -2.37. The molecule has 0 atom stereocenters. The molecule has 5 heteroatoms. The van der Waals surface area contributed by atoms with Crippen LogP contribution in [0, 0.1) is 0 Å². The van der Waals surface area contributed by atoms with Crippen molar-refractivity contribution in [2.45, 2.75) is 0 Å². The first-order valence-corrected chi connectivity index (χ1v) is 6.58. The number of methoxy groups -OCH3 is 1. The Hall–Kier alpha value is -2.69. The van der Waals surface area contributed by atoms with Gasteiger partial charge in [0.1, 0.15) is 17.1 Å². The summed E-state index contributed by atoms with van der Waals surface area (Å²) >= 11 is 0. The number of rotatable bonds is 5. The second-order valence-electron chi connectivity index (χ2n) is 4.72. The van der Waals surface area contributed by atoms with Crippen molar-refractivity contribution in [1.82, 2.24) is 10.3 Å². The predicted molar refractivity (Wildman–Crippen MR) is 83.7 cm³/mol. The number of carbonyl (C=O) groups is 1. The van der Waals surface area contributed by atoms with Crippen molar-refractivity contribution in [2.75, 3.05) is 26.2 Å². The van der Waals surface area contributed by atoms with Crippen molar-refractivity contribution in [2.24, 2.45) is 0 Å². The van der Waals surface area contributed by atoms with Crippen LogP contribution in [0.5, 0.6) is 5.75 Å². The Morgan fingerprint density at radius 2 is 2.10 bits per heavy atom. The third-order valence-electron chi connectivity index (χ3n) is 2.87. The summed E-state index contributed by atoms with van der Waals surface area (Å²) < 4.78 is 5.33. The number of nitrogens with one attached hydrogen (secondary N) is 1. The molecule has 0 aromatic heterocycles. The van der Waals surface area contributed by atoms with Crippen LogP contribution in [0.25, 0.3) is 0 Å². The fourth-order valence-corrected chi connectivity index (χ4v) is 1.84. The largest absolute Gasteiger partial charge is 0.494 e. The molecule has 0 fully saturated rings. The fraction of sp³-hybridized carbons (Fsp3) is 0.188. The molecule has 0 spiro atoms. The summed E-state index contributed by atoms with van der Waals surface area (Å²) in [7, 11) is 5.36. The van der Waals surface area contributed by atoms with Crippen LogP contribution in [0.4, 0.5) is 5.69 Å². The van der Waals surface area contributed by atoms with Crippen LogP contribution in [0.3, 0.4) is 0 Å². The Bertz CT molecular complexity index is 603. The van der Waals surface area contributed by atoms with Gasteiger partial charge in [-0.1, -0.05) is 12.1 Å². The molecule has 0 amide bonds. The van der Waals surface area contributed by atoms with Crippen LogP contribution < -0.4 is 15.2 Å². The molecule has 0 aliphatic carbocycles. The van der Waals surface area contributed by atoms with Gasteiger partial charge in [0, 0.05) is 32.6 Å². The van der Waals surface area contributed by atoms with Gasteiger partial charge in [0.15, 0.2) is 0 Å². The Morgan fingerprint density at radius 1 is 1.33 bits per heavy atom. The summed E-state index contributed by atoms with van der Waals surface area (Å²) in [5, 5.41) is 1.76. The highest BCUT2D eigenvalue weighted by Gasteiger charge is 2.15. The Balaban J connectivity index is 2.16. The van der Waals surface area contributed by atoms with E-state index in [1.807, 2.05) is 55.5 Å². The van der Waals surface area contributed by atoms with E-state index in [-0.39, 0.29) is 5.78 Å². The molecule has 1 aromatic carbocycles. The molecular formula is C16H19N3O2. The highest BCUT2D eigenvalue weighted by molar-refractivity contribution is 6.04. The van der Waals surface area contributed by atoms with E-state index in [9.17, 15) is 4.79 Å². The minimum absolute atomic E-state index is 0.0899. The number of benzene rings is 1. The van der Waals surface area contributed by atoms with Crippen LogP contribution in [0.1, 0.15) is 0 Å². The van der Waals surface area contributed by atoms with Gasteiger partial charge in [-0.2, -0.15) is 0 Å². The van der Waals surface area contributed by atoms with Crippen LogP contribution in [-0.4, -0.2) is 31.9 Å². The number of ether oxygens (including phenoxy) is 1. The molecule has 1 aliphatic heterocycles. The maximum Gasteiger partial charge on any atom is 0.204 e. The zero-order chi connectivity index (χ0) is 15.2. The van der Waals surface area contributed by atoms with Gasteiger partial charge in [-0.3, -0.25) is 15.2 Å². The normalized spacial score (nSPS) is 13.9. The van der Waals surface area contributed by atoms with Crippen LogP contribution in [0.15, 0.2) is 60.6 Å². The predicted octanol–water partition coefficient (Wildman–Crippen LogP) is 2.06. The summed E-state index contributed by atoms with van der Waals surface area (Å²) in [4.78, 5) is 13.9. The Kier molecular flexibility index (Phi) is 4.66. The van der Waals surface area contributed by atoms with Crippen molar-refractivity contribution in [1.29, 1.82) is 0 Å². The smallest absolute Gasteiger partial charge is 0.204 e. The van der Waals surface area contributed by atoms with Crippen LogP contribution in [-0.2, 0) is 4.79 Å². The number of ketones is 1. The maximum absolute atomic E-state index is 12.1. The maximum atomic E-state index is 12.1. The van der Waals surface area contributed by atoms with Crippen molar-refractivity contribution in [3.8, 4) is 5.75 Å². The molecule has 0 radical (unpaired) electrons. The number of para-hydroxylation sites is 2. The molecule has 1 N–H and O–H groups in total. The van der Waals surface area contributed by atoms with E-state index in [1.54, 1.807) is 24.4 Å². The van der Waals surface area contributed by atoms with E-state index in [2.05, 4.69) is 5.43 Å². The van der Waals surface area contributed by atoms with E-state index >= 15 is 0 Å². The molecule has 0 saturated carbocycles. The van der Waals surface area contributed by atoms with Crippen molar-refractivity contribution in [3.63, 3.8) is 0 Å². The van der Waals surface area contributed by atoms with Gasteiger partial charge >= 0.3 is 0 Å². The summed E-state index contributed by atoms with van der Waals surface area (Å²) in [6.45, 7) is 0. The minimum Gasteiger partial charge on any atom is -0.494 e. The number of anilines is 1. The van der Waals surface area contributed by atoms with Gasteiger partial charge in [-0.15, -0.1) is 0 Å². The van der Waals surface area contributed by atoms with Gasteiger partial charge in [0.25, 0.3) is 0 Å². The van der Waals surface area contributed by atoms with Gasteiger partial charge in [-0.25, -0.2) is 0 Å².